The minimum Gasteiger partial charge on any atom is -0.495 e. The highest BCUT2D eigenvalue weighted by Gasteiger charge is 2.12. The van der Waals surface area contributed by atoms with Gasteiger partial charge in [0.25, 0.3) is 0 Å². The predicted octanol–water partition coefficient (Wildman–Crippen LogP) is 0.875. The Balaban J connectivity index is 2.78. The average Bonchev–Trinajstić information content (AvgIpc) is 2.28. The van der Waals surface area contributed by atoms with Crippen LogP contribution in [-0.4, -0.2) is 19.1 Å². The third-order valence-corrected chi connectivity index (χ3v) is 2.00. The number of nitrogens with one attached hydrogen (secondary N) is 1. The Labute approximate surface area is 93.8 Å². The van der Waals surface area contributed by atoms with E-state index in [9.17, 15) is 4.79 Å². The molecule has 0 bridgehead atoms. The molecule has 1 unspecified atom stereocenters. The molecule has 1 amide bonds. The summed E-state index contributed by atoms with van der Waals surface area (Å²) in [7, 11) is 1.54. The summed E-state index contributed by atoms with van der Waals surface area (Å²) in [4.78, 5) is 10.7. The molecule has 0 fully saturated rings. The lowest BCUT2D eigenvalue weighted by Crippen LogP contribution is -2.25. The first-order chi connectivity index (χ1) is 7.67. The van der Waals surface area contributed by atoms with Crippen molar-refractivity contribution in [2.75, 3.05) is 12.4 Å². The van der Waals surface area contributed by atoms with Gasteiger partial charge in [0.15, 0.2) is 0 Å². The highest BCUT2D eigenvalue weighted by atomic mass is 16.5. The van der Waals surface area contributed by atoms with Gasteiger partial charge in [0.2, 0.25) is 5.91 Å². The van der Waals surface area contributed by atoms with Gasteiger partial charge in [-0.2, -0.15) is 5.26 Å². The molecular formula is C11H13N3O2. The van der Waals surface area contributed by atoms with E-state index in [0.29, 0.717) is 11.4 Å². The Bertz CT molecular complexity index is 412. The topological polar surface area (TPSA) is 88.1 Å². The normalized spacial score (nSPS) is 11.2. The van der Waals surface area contributed by atoms with Crippen molar-refractivity contribution in [3.05, 3.63) is 24.3 Å². The van der Waals surface area contributed by atoms with Crippen LogP contribution in [-0.2, 0) is 4.79 Å². The van der Waals surface area contributed by atoms with Crippen molar-refractivity contribution < 1.29 is 9.53 Å². The Hall–Kier alpha value is -2.22. The molecular weight excluding hydrogens is 206 g/mol. The van der Waals surface area contributed by atoms with Gasteiger partial charge in [-0.1, -0.05) is 12.1 Å². The molecule has 5 heteroatoms. The maximum Gasteiger partial charge on any atom is 0.220 e. The zero-order valence-corrected chi connectivity index (χ0v) is 8.93. The number of para-hydroxylation sites is 2. The lowest BCUT2D eigenvalue weighted by Gasteiger charge is -2.14. The molecule has 0 aliphatic heterocycles. The molecule has 0 aliphatic rings. The predicted molar refractivity (Wildman–Crippen MR) is 59.8 cm³/mol. The van der Waals surface area contributed by atoms with Crippen LogP contribution in [0.5, 0.6) is 5.75 Å². The molecule has 5 nitrogen and oxygen atoms in total. The lowest BCUT2D eigenvalue weighted by atomic mass is 10.2. The van der Waals surface area contributed by atoms with Crippen LogP contribution in [0.1, 0.15) is 6.42 Å². The van der Waals surface area contributed by atoms with Gasteiger partial charge >= 0.3 is 0 Å². The van der Waals surface area contributed by atoms with Gasteiger partial charge in [-0.15, -0.1) is 0 Å². The van der Waals surface area contributed by atoms with E-state index in [1.54, 1.807) is 12.1 Å². The van der Waals surface area contributed by atoms with E-state index in [-0.39, 0.29) is 6.42 Å². The number of methoxy groups -OCH3 is 1. The third kappa shape index (κ3) is 3.17. The van der Waals surface area contributed by atoms with E-state index >= 15 is 0 Å². The van der Waals surface area contributed by atoms with Crippen LogP contribution in [0.4, 0.5) is 5.69 Å². The fourth-order valence-corrected chi connectivity index (χ4v) is 1.28. The molecule has 1 rings (SSSR count). The summed E-state index contributed by atoms with van der Waals surface area (Å²) in [5.74, 6) is 0.0983. The summed E-state index contributed by atoms with van der Waals surface area (Å²) < 4.78 is 5.11. The number of carbonyl (C=O) groups is 1. The van der Waals surface area contributed by atoms with Crippen LogP contribution in [0.25, 0.3) is 0 Å². The molecule has 0 aromatic heterocycles. The molecule has 0 aliphatic carbocycles. The SMILES string of the molecule is COc1ccccc1NC(C#N)CC(N)=O. The summed E-state index contributed by atoms with van der Waals surface area (Å²) >= 11 is 0. The quantitative estimate of drug-likeness (QED) is 0.769. The summed E-state index contributed by atoms with van der Waals surface area (Å²) in [5, 5.41) is 11.7. The number of rotatable bonds is 5. The summed E-state index contributed by atoms with van der Waals surface area (Å²) in [6, 6.07) is 8.48. The summed E-state index contributed by atoms with van der Waals surface area (Å²) in [6.45, 7) is 0. The largest absolute Gasteiger partial charge is 0.495 e. The van der Waals surface area contributed by atoms with Crippen LogP contribution >= 0.6 is 0 Å². The number of hydrogen-bond donors (Lipinski definition) is 2. The van der Waals surface area contributed by atoms with Crippen LogP contribution in [0.3, 0.4) is 0 Å². The minimum absolute atomic E-state index is 0.0332. The number of nitriles is 1. The second-order valence-electron chi connectivity index (χ2n) is 3.20. The Kier molecular flexibility index (Phi) is 4.16. The highest BCUT2D eigenvalue weighted by Crippen LogP contribution is 2.23. The molecule has 16 heavy (non-hydrogen) atoms. The number of nitrogens with two attached hydrogens (primary N) is 1. The van der Waals surface area contributed by atoms with Crippen LogP contribution < -0.4 is 15.8 Å². The van der Waals surface area contributed by atoms with E-state index < -0.39 is 11.9 Å². The monoisotopic (exact) mass is 219 g/mol. The van der Waals surface area contributed by atoms with Gasteiger partial charge in [0.05, 0.1) is 25.3 Å². The Morgan fingerprint density at radius 1 is 1.62 bits per heavy atom. The number of ether oxygens (including phenoxy) is 1. The minimum atomic E-state index is -0.645. The van der Waals surface area contributed by atoms with Gasteiger partial charge in [0, 0.05) is 0 Å². The van der Waals surface area contributed by atoms with Crippen molar-refractivity contribution >= 4 is 11.6 Å². The highest BCUT2D eigenvalue weighted by molar-refractivity contribution is 5.75. The van der Waals surface area contributed by atoms with E-state index in [0.717, 1.165) is 0 Å². The van der Waals surface area contributed by atoms with Gasteiger partial charge in [0.1, 0.15) is 11.8 Å². The number of anilines is 1. The van der Waals surface area contributed by atoms with E-state index in [2.05, 4.69) is 5.32 Å². The Morgan fingerprint density at radius 3 is 2.88 bits per heavy atom. The second kappa shape index (κ2) is 5.61. The van der Waals surface area contributed by atoms with Crippen molar-refractivity contribution in [1.29, 1.82) is 5.26 Å². The molecule has 1 atom stereocenters. The molecule has 84 valence electrons. The van der Waals surface area contributed by atoms with Crippen molar-refractivity contribution in [3.8, 4) is 11.8 Å². The van der Waals surface area contributed by atoms with Crippen molar-refractivity contribution in [2.24, 2.45) is 5.73 Å². The number of carbonyl (C=O) groups excluding carboxylic acids is 1. The van der Waals surface area contributed by atoms with Crippen LogP contribution in [0.15, 0.2) is 24.3 Å². The molecule has 1 aromatic rings. The van der Waals surface area contributed by atoms with Crippen molar-refractivity contribution in [3.63, 3.8) is 0 Å². The fourth-order valence-electron chi connectivity index (χ4n) is 1.28. The van der Waals surface area contributed by atoms with Crippen LogP contribution in [0, 0.1) is 11.3 Å². The summed E-state index contributed by atoms with van der Waals surface area (Å²) in [6.07, 6.45) is -0.0332. The second-order valence-corrected chi connectivity index (χ2v) is 3.20. The standard InChI is InChI=1S/C11H13N3O2/c1-16-10-5-3-2-4-9(10)14-8(7-12)6-11(13)15/h2-5,8,14H,6H2,1H3,(H2,13,15). The van der Waals surface area contributed by atoms with Gasteiger partial charge in [-0.25, -0.2) is 0 Å². The molecule has 3 N–H and O–H groups in total. The molecule has 1 aromatic carbocycles. The first-order valence-electron chi connectivity index (χ1n) is 4.75. The first kappa shape index (κ1) is 11.9. The van der Waals surface area contributed by atoms with Gasteiger partial charge < -0.3 is 15.8 Å². The Morgan fingerprint density at radius 2 is 2.31 bits per heavy atom. The van der Waals surface area contributed by atoms with E-state index in [1.165, 1.54) is 7.11 Å². The smallest absolute Gasteiger partial charge is 0.220 e. The van der Waals surface area contributed by atoms with E-state index in [4.69, 9.17) is 15.7 Å². The van der Waals surface area contributed by atoms with Crippen molar-refractivity contribution in [1.82, 2.24) is 0 Å². The van der Waals surface area contributed by atoms with E-state index in [1.807, 2.05) is 18.2 Å². The molecule has 0 radical (unpaired) electrons. The average molecular weight is 219 g/mol. The third-order valence-electron chi connectivity index (χ3n) is 2.00. The zero-order chi connectivity index (χ0) is 12.0. The van der Waals surface area contributed by atoms with Crippen molar-refractivity contribution in [2.45, 2.75) is 12.5 Å². The maximum absolute atomic E-state index is 10.7. The first-order valence-corrected chi connectivity index (χ1v) is 4.75. The molecule has 0 heterocycles. The number of hydrogen-bond acceptors (Lipinski definition) is 4. The van der Waals surface area contributed by atoms with Gasteiger partial charge in [-0.05, 0) is 12.1 Å². The number of nitrogens with zero attached hydrogens (tertiary/aromatic N) is 1. The number of amides is 1. The maximum atomic E-state index is 10.7. The number of primary amides is 1. The van der Waals surface area contributed by atoms with Crippen LogP contribution in [0.2, 0.25) is 0 Å². The molecule has 0 saturated heterocycles. The summed E-state index contributed by atoms with van der Waals surface area (Å²) in [5.41, 5.74) is 5.70. The zero-order valence-electron chi connectivity index (χ0n) is 8.93. The number of benzene rings is 1. The molecule has 0 saturated carbocycles. The molecule has 0 spiro atoms. The lowest BCUT2D eigenvalue weighted by molar-refractivity contribution is -0.118. The fraction of sp³-hybridized carbons (Fsp3) is 0.273. The van der Waals surface area contributed by atoms with Gasteiger partial charge in [-0.3, -0.25) is 4.79 Å².